The van der Waals surface area contributed by atoms with Crippen molar-refractivity contribution in [3.05, 3.63) is 73.3 Å². The van der Waals surface area contributed by atoms with Gasteiger partial charge < -0.3 is 9.30 Å². The third kappa shape index (κ3) is 4.37. The Labute approximate surface area is 137 Å². The summed E-state index contributed by atoms with van der Waals surface area (Å²) >= 11 is 0. The van der Waals surface area contributed by atoms with E-state index in [1.165, 1.54) is 11.1 Å². The van der Waals surface area contributed by atoms with Crippen LogP contribution in [0.3, 0.4) is 0 Å². The number of imidazole rings is 1. The van der Waals surface area contributed by atoms with Gasteiger partial charge in [0.25, 0.3) is 0 Å². The molecule has 0 N–H and O–H groups in total. The van der Waals surface area contributed by atoms with Gasteiger partial charge in [0.05, 0.1) is 12.9 Å². The molecule has 0 aliphatic carbocycles. The maximum Gasteiger partial charge on any atom is 0.119 e. The second-order valence-corrected chi connectivity index (χ2v) is 4.89. The lowest BCUT2D eigenvalue weighted by molar-refractivity contribution is 0.302. The van der Waals surface area contributed by atoms with E-state index >= 15 is 0 Å². The molecule has 0 fully saturated rings. The Hall–Kier alpha value is -2.26. The van der Waals surface area contributed by atoms with Crippen LogP contribution >= 0.6 is 12.4 Å². The van der Waals surface area contributed by atoms with Gasteiger partial charge in [-0.1, -0.05) is 42.5 Å². The van der Waals surface area contributed by atoms with Crippen molar-refractivity contribution in [2.75, 3.05) is 6.61 Å². The molecule has 114 valence electrons. The van der Waals surface area contributed by atoms with Gasteiger partial charge in [0, 0.05) is 18.9 Å². The molecule has 1 aromatic heterocycles. The highest BCUT2D eigenvalue weighted by molar-refractivity contribution is 5.85. The van der Waals surface area contributed by atoms with E-state index < -0.39 is 0 Å². The van der Waals surface area contributed by atoms with Crippen molar-refractivity contribution in [2.24, 2.45) is 0 Å². The summed E-state index contributed by atoms with van der Waals surface area (Å²) in [4.78, 5) is 4.02. The topological polar surface area (TPSA) is 27.1 Å². The lowest BCUT2D eigenvalue weighted by Crippen LogP contribution is -2.02. The molecule has 3 nitrogen and oxygen atoms in total. The number of hydrogen-bond donors (Lipinski definition) is 0. The van der Waals surface area contributed by atoms with Crippen molar-refractivity contribution in [2.45, 2.75) is 13.0 Å². The molecule has 0 spiro atoms. The highest BCUT2D eigenvalue weighted by atomic mass is 35.5. The number of rotatable bonds is 6. The monoisotopic (exact) mass is 314 g/mol. The van der Waals surface area contributed by atoms with E-state index in [2.05, 4.69) is 45.9 Å². The molecule has 0 bridgehead atoms. The van der Waals surface area contributed by atoms with Crippen molar-refractivity contribution in [1.29, 1.82) is 0 Å². The van der Waals surface area contributed by atoms with Gasteiger partial charge in [-0.05, 0) is 29.7 Å². The summed E-state index contributed by atoms with van der Waals surface area (Å²) in [5.41, 5.74) is 2.44. The Balaban J connectivity index is 0.00000176. The SMILES string of the molecule is Cl.c1ccc(-c2ccc(OCCCn3ccnc3)cc2)cc1. The van der Waals surface area contributed by atoms with Gasteiger partial charge in [-0.2, -0.15) is 0 Å². The first-order valence-electron chi connectivity index (χ1n) is 7.16. The lowest BCUT2D eigenvalue weighted by Gasteiger charge is -2.08. The minimum absolute atomic E-state index is 0. The molecule has 3 aromatic rings. The fourth-order valence-electron chi connectivity index (χ4n) is 2.23. The summed E-state index contributed by atoms with van der Waals surface area (Å²) in [7, 11) is 0. The molecule has 3 rings (SSSR count). The molecule has 0 saturated carbocycles. The number of ether oxygens (including phenoxy) is 1. The van der Waals surface area contributed by atoms with E-state index in [-0.39, 0.29) is 12.4 Å². The van der Waals surface area contributed by atoms with Crippen LogP contribution in [-0.2, 0) is 6.54 Å². The zero-order valence-electron chi connectivity index (χ0n) is 12.3. The van der Waals surface area contributed by atoms with Crippen molar-refractivity contribution in [3.8, 4) is 16.9 Å². The second-order valence-electron chi connectivity index (χ2n) is 4.89. The molecule has 0 aliphatic heterocycles. The van der Waals surface area contributed by atoms with E-state index in [1.807, 2.05) is 30.7 Å². The van der Waals surface area contributed by atoms with Crippen LogP contribution in [0, 0.1) is 0 Å². The smallest absolute Gasteiger partial charge is 0.119 e. The third-order valence-electron chi connectivity index (χ3n) is 3.35. The highest BCUT2D eigenvalue weighted by Crippen LogP contribution is 2.22. The number of nitrogens with zero attached hydrogens (tertiary/aromatic N) is 2. The molecule has 0 atom stereocenters. The average molecular weight is 315 g/mol. The van der Waals surface area contributed by atoms with E-state index in [9.17, 15) is 0 Å². The number of hydrogen-bond acceptors (Lipinski definition) is 2. The first kappa shape index (κ1) is 16.1. The Kier molecular flexibility index (Phi) is 6.04. The predicted molar refractivity (Wildman–Crippen MR) is 91.5 cm³/mol. The fraction of sp³-hybridized carbons (Fsp3) is 0.167. The van der Waals surface area contributed by atoms with Gasteiger partial charge in [0.2, 0.25) is 0 Å². The molecule has 0 amide bonds. The van der Waals surface area contributed by atoms with Crippen LogP contribution in [-0.4, -0.2) is 16.2 Å². The maximum absolute atomic E-state index is 5.76. The zero-order valence-corrected chi connectivity index (χ0v) is 13.1. The summed E-state index contributed by atoms with van der Waals surface area (Å²) in [5, 5.41) is 0. The summed E-state index contributed by atoms with van der Waals surface area (Å²) in [6.07, 6.45) is 6.56. The van der Waals surface area contributed by atoms with Gasteiger partial charge in [0.15, 0.2) is 0 Å². The van der Waals surface area contributed by atoms with Gasteiger partial charge in [0.1, 0.15) is 5.75 Å². The van der Waals surface area contributed by atoms with Crippen LogP contribution in [0.15, 0.2) is 73.3 Å². The first-order valence-corrected chi connectivity index (χ1v) is 7.16. The minimum atomic E-state index is 0. The van der Waals surface area contributed by atoms with E-state index in [1.54, 1.807) is 6.20 Å². The molecule has 4 heteroatoms. The molecule has 0 radical (unpaired) electrons. The molecule has 2 aromatic carbocycles. The standard InChI is InChI=1S/C18H18N2O.ClH/c1-2-5-16(6-3-1)17-7-9-18(10-8-17)21-14-4-12-20-13-11-19-15-20;/h1-3,5-11,13,15H,4,12,14H2;1H. The quantitative estimate of drug-likeness (QED) is 0.629. The molecule has 0 unspecified atom stereocenters. The molecule has 0 saturated heterocycles. The summed E-state index contributed by atoms with van der Waals surface area (Å²) in [6, 6.07) is 18.6. The third-order valence-corrected chi connectivity index (χ3v) is 3.35. The van der Waals surface area contributed by atoms with Crippen molar-refractivity contribution in [1.82, 2.24) is 9.55 Å². The van der Waals surface area contributed by atoms with Crippen LogP contribution in [0.5, 0.6) is 5.75 Å². The average Bonchev–Trinajstić information content (AvgIpc) is 3.06. The van der Waals surface area contributed by atoms with Crippen LogP contribution < -0.4 is 4.74 Å². The van der Waals surface area contributed by atoms with E-state index in [0.717, 1.165) is 18.7 Å². The molecule has 1 heterocycles. The summed E-state index contributed by atoms with van der Waals surface area (Å²) in [6.45, 7) is 1.64. The van der Waals surface area contributed by atoms with Crippen molar-refractivity contribution < 1.29 is 4.74 Å². The van der Waals surface area contributed by atoms with Crippen molar-refractivity contribution >= 4 is 12.4 Å². The summed E-state index contributed by atoms with van der Waals surface area (Å²) in [5.74, 6) is 0.917. The fourth-order valence-corrected chi connectivity index (χ4v) is 2.23. The minimum Gasteiger partial charge on any atom is -0.494 e. The number of aromatic nitrogens is 2. The lowest BCUT2D eigenvalue weighted by atomic mass is 10.1. The van der Waals surface area contributed by atoms with Crippen molar-refractivity contribution in [3.63, 3.8) is 0 Å². The summed E-state index contributed by atoms with van der Waals surface area (Å²) < 4.78 is 7.82. The molecule has 22 heavy (non-hydrogen) atoms. The van der Waals surface area contributed by atoms with E-state index in [0.29, 0.717) is 6.61 Å². The zero-order chi connectivity index (χ0) is 14.3. The van der Waals surface area contributed by atoms with Crippen LogP contribution in [0.2, 0.25) is 0 Å². The Bertz CT molecular complexity index is 651. The maximum atomic E-state index is 5.76. The number of halogens is 1. The number of aryl methyl sites for hydroxylation is 1. The first-order chi connectivity index (χ1) is 10.4. The van der Waals surface area contributed by atoms with Crippen LogP contribution in [0.1, 0.15) is 6.42 Å². The predicted octanol–water partition coefficient (Wildman–Crippen LogP) is 4.44. The van der Waals surface area contributed by atoms with Crippen LogP contribution in [0.4, 0.5) is 0 Å². The van der Waals surface area contributed by atoms with Gasteiger partial charge >= 0.3 is 0 Å². The Morgan fingerprint density at radius 3 is 2.32 bits per heavy atom. The number of benzene rings is 2. The Morgan fingerprint density at radius 1 is 0.909 bits per heavy atom. The molecular formula is C18H19ClN2O. The van der Waals surface area contributed by atoms with Gasteiger partial charge in [-0.3, -0.25) is 0 Å². The molecule has 0 aliphatic rings. The Morgan fingerprint density at radius 2 is 1.64 bits per heavy atom. The van der Waals surface area contributed by atoms with Gasteiger partial charge in [-0.15, -0.1) is 12.4 Å². The highest BCUT2D eigenvalue weighted by Gasteiger charge is 1.98. The largest absolute Gasteiger partial charge is 0.494 e. The second kappa shape index (κ2) is 8.25. The normalized spacial score (nSPS) is 10.0. The molecular weight excluding hydrogens is 296 g/mol. The van der Waals surface area contributed by atoms with Crippen LogP contribution in [0.25, 0.3) is 11.1 Å². The van der Waals surface area contributed by atoms with Gasteiger partial charge in [-0.25, -0.2) is 4.98 Å². The van der Waals surface area contributed by atoms with E-state index in [4.69, 9.17) is 4.74 Å².